The predicted molar refractivity (Wildman–Crippen MR) is 62.3 cm³/mol. The normalized spacial score (nSPS) is 13.4. The van der Waals surface area contributed by atoms with Gasteiger partial charge in [0.05, 0.1) is 0 Å². The molecule has 16 heavy (non-hydrogen) atoms. The van der Waals surface area contributed by atoms with Crippen molar-refractivity contribution in [2.75, 3.05) is 6.54 Å². The zero-order valence-corrected chi connectivity index (χ0v) is 10.6. The largest absolute Gasteiger partial charge is 0.480 e. The molecule has 1 atom stereocenters. The van der Waals surface area contributed by atoms with E-state index in [1.54, 1.807) is 13.8 Å². The first-order valence-electron chi connectivity index (χ1n) is 5.40. The van der Waals surface area contributed by atoms with Gasteiger partial charge in [0.15, 0.2) is 0 Å². The van der Waals surface area contributed by atoms with Crippen molar-refractivity contribution in [3.8, 4) is 0 Å². The van der Waals surface area contributed by atoms with E-state index in [1.807, 2.05) is 20.8 Å². The number of amides is 2. The summed E-state index contributed by atoms with van der Waals surface area (Å²) >= 11 is 0. The summed E-state index contributed by atoms with van der Waals surface area (Å²) in [5.74, 6) is -1.15. The number of carboxylic acids is 1. The zero-order chi connectivity index (χ0) is 12.9. The monoisotopic (exact) mass is 230 g/mol. The number of urea groups is 1. The van der Waals surface area contributed by atoms with Crippen molar-refractivity contribution >= 4 is 12.0 Å². The van der Waals surface area contributed by atoms with Crippen molar-refractivity contribution < 1.29 is 14.7 Å². The van der Waals surface area contributed by atoms with E-state index < -0.39 is 18.0 Å². The fraction of sp³-hybridized carbons (Fsp3) is 0.818. The Kier molecular flexibility index (Phi) is 5.27. The summed E-state index contributed by atoms with van der Waals surface area (Å²) in [5, 5.41) is 14.0. The summed E-state index contributed by atoms with van der Waals surface area (Å²) in [6, 6.07) is -1.28. The second-order valence-electron chi connectivity index (χ2n) is 5.45. The molecular weight excluding hydrogens is 208 g/mol. The predicted octanol–water partition coefficient (Wildman–Crippen LogP) is 1.44. The van der Waals surface area contributed by atoms with Gasteiger partial charge in [0.25, 0.3) is 0 Å². The highest BCUT2D eigenvalue weighted by molar-refractivity contribution is 5.82. The molecule has 3 N–H and O–H groups in total. The number of hydrogen-bond acceptors (Lipinski definition) is 2. The number of carbonyl (C=O) groups is 2. The molecule has 0 aromatic carbocycles. The van der Waals surface area contributed by atoms with E-state index in [4.69, 9.17) is 5.11 Å². The molecule has 0 rings (SSSR count). The van der Waals surface area contributed by atoms with E-state index in [0.717, 1.165) is 0 Å². The van der Waals surface area contributed by atoms with Crippen molar-refractivity contribution in [1.29, 1.82) is 0 Å². The van der Waals surface area contributed by atoms with Gasteiger partial charge in [0.2, 0.25) is 0 Å². The molecule has 0 aliphatic carbocycles. The Morgan fingerprint density at radius 2 is 1.75 bits per heavy atom. The van der Waals surface area contributed by atoms with Gasteiger partial charge in [-0.05, 0) is 11.3 Å². The summed E-state index contributed by atoms with van der Waals surface area (Å²) < 4.78 is 0. The lowest BCUT2D eigenvalue weighted by atomic mass is 9.97. The summed E-state index contributed by atoms with van der Waals surface area (Å²) in [4.78, 5) is 22.3. The molecule has 0 radical (unpaired) electrons. The topological polar surface area (TPSA) is 78.4 Å². The van der Waals surface area contributed by atoms with Crippen LogP contribution in [0.3, 0.4) is 0 Å². The molecule has 0 spiro atoms. The van der Waals surface area contributed by atoms with Gasteiger partial charge in [-0.3, -0.25) is 0 Å². The van der Waals surface area contributed by atoms with Crippen LogP contribution in [0.15, 0.2) is 0 Å². The Morgan fingerprint density at radius 1 is 1.25 bits per heavy atom. The lowest BCUT2D eigenvalue weighted by Crippen LogP contribution is -2.49. The zero-order valence-electron chi connectivity index (χ0n) is 10.6. The van der Waals surface area contributed by atoms with E-state index in [-0.39, 0.29) is 11.3 Å². The first-order chi connectivity index (χ1) is 7.13. The van der Waals surface area contributed by atoms with Crippen molar-refractivity contribution in [2.45, 2.75) is 40.7 Å². The molecule has 0 saturated carbocycles. The molecule has 5 heteroatoms. The van der Waals surface area contributed by atoms with Crippen LogP contribution in [0.1, 0.15) is 34.6 Å². The van der Waals surface area contributed by atoms with E-state index in [1.165, 1.54) is 0 Å². The molecule has 0 heterocycles. The van der Waals surface area contributed by atoms with Crippen LogP contribution in [-0.2, 0) is 4.79 Å². The first-order valence-corrected chi connectivity index (χ1v) is 5.40. The highest BCUT2D eigenvalue weighted by Gasteiger charge is 2.23. The standard InChI is InChI=1S/C11H22N2O3/c1-7(2)8(9(14)15)13-10(16)12-6-11(3,4)5/h7-8H,6H2,1-5H3,(H,14,15)(H2,12,13,16). The molecular formula is C11H22N2O3. The Bertz CT molecular complexity index is 256. The SMILES string of the molecule is CC(C)C(NC(=O)NCC(C)(C)C)C(=O)O. The number of carbonyl (C=O) groups excluding carboxylic acids is 1. The molecule has 0 fully saturated rings. The Labute approximate surface area is 96.6 Å². The third kappa shape index (κ3) is 6.27. The molecule has 0 aliphatic heterocycles. The quantitative estimate of drug-likeness (QED) is 0.683. The minimum atomic E-state index is -1.01. The maximum Gasteiger partial charge on any atom is 0.326 e. The molecule has 94 valence electrons. The number of rotatable bonds is 4. The van der Waals surface area contributed by atoms with E-state index >= 15 is 0 Å². The molecule has 0 aliphatic rings. The van der Waals surface area contributed by atoms with Gasteiger partial charge in [-0.1, -0.05) is 34.6 Å². The number of hydrogen-bond donors (Lipinski definition) is 3. The van der Waals surface area contributed by atoms with Crippen LogP contribution in [-0.4, -0.2) is 29.7 Å². The number of carboxylic acid groups (broad SMARTS) is 1. The van der Waals surface area contributed by atoms with Crippen LogP contribution in [0.25, 0.3) is 0 Å². The average Bonchev–Trinajstić information content (AvgIpc) is 2.08. The summed E-state index contributed by atoms with van der Waals surface area (Å²) in [5.41, 5.74) is -0.0199. The van der Waals surface area contributed by atoms with Gasteiger partial charge >= 0.3 is 12.0 Å². The van der Waals surface area contributed by atoms with Crippen LogP contribution < -0.4 is 10.6 Å². The van der Waals surface area contributed by atoms with Gasteiger partial charge in [0.1, 0.15) is 6.04 Å². The van der Waals surface area contributed by atoms with Crippen LogP contribution in [0.5, 0.6) is 0 Å². The van der Waals surface area contributed by atoms with Crippen molar-refractivity contribution in [3.05, 3.63) is 0 Å². The Morgan fingerprint density at radius 3 is 2.06 bits per heavy atom. The lowest BCUT2D eigenvalue weighted by Gasteiger charge is -2.22. The molecule has 1 unspecified atom stereocenters. The fourth-order valence-corrected chi connectivity index (χ4v) is 1.05. The highest BCUT2D eigenvalue weighted by atomic mass is 16.4. The van der Waals surface area contributed by atoms with Gasteiger partial charge in [0, 0.05) is 6.54 Å². The van der Waals surface area contributed by atoms with E-state index in [9.17, 15) is 9.59 Å². The van der Waals surface area contributed by atoms with Crippen molar-refractivity contribution in [3.63, 3.8) is 0 Å². The van der Waals surface area contributed by atoms with Gasteiger partial charge in [-0.25, -0.2) is 9.59 Å². The third-order valence-corrected chi connectivity index (χ3v) is 2.00. The average molecular weight is 230 g/mol. The minimum absolute atomic E-state index is 0.0199. The maximum atomic E-state index is 11.4. The Hall–Kier alpha value is -1.26. The molecule has 2 amide bonds. The number of nitrogens with one attached hydrogen (secondary N) is 2. The summed E-state index contributed by atoms with van der Waals surface area (Å²) in [6.45, 7) is 9.98. The highest BCUT2D eigenvalue weighted by Crippen LogP contribution is 2.10. The molecule has 5 nitrogen and oxygen atoms in total. The van der Waals surface area contributed by atoms with Crippen LogP contribution in [0.4, 0.5) is 4.79 Å². The second-order valence-corrected chi connectivity index (χ2v) is 5.45. The lowest BCUT2D eigenvalue weighted by molar-refractivity contribution is -0.140. The third-order valence-electron chi connectivity index (χ3n) is 2.00. The maximum absolute atomic E-state index is 11.4. The Balaban J connectivity index is 4.17. The minimum Gasteiger partial charge on any atom is -0.480 e. The summed E-state index contributed by atoms with van der Waals surface area (Å²) in [7, 11) is 0. The molecule has 0 bridgehead atoms. The van der Waals surface area contributed by atoms with Crippen molar-refractivity contribution in [2.24, 2.45) is 11.3 Å². The summed E-state index contributed by atoms with van der Waals surface area (Å²) in [6.07, 6.45) is 0. The fourth-order valence-electron chi connectivity index (χ4n) is 1.05. The molecule has 0 aromatic heterocycles. The first kappa shape index (κ1) is 14.7. The van der Waals surface area contributed by atoms with Crippen LogP contribution in [0, 0.1) is 11.3 Å². The van der Waals surface area contributed by atoms with E-state index in [2.05, 4.69) is 10.6 Å². The number of aliphatic carboxylic acids is 1. The van der Waals surface area contributed by atoms with Gasteiger partial charge in [-0.2, -0.15) is 0 Å². The van der Waals surface area contributed by atoms with Crippen LogP contribution in [0.2, 0.25) is 0 Å². The van der Waals surface area contributed by atoms with Crippen molar-refractivity contribution in [1.82, 2.24) is 10.6 Å². The van der Waals surface area contributed by atoms with Gasteiger partial charge < -0.3 is 15.7 Å². The second kappa shape index (κ2) is 5.72. The molecule has 0 saturated heterocycles. The molecule has 0 aromatic rings. The van der Waals surface area contributed by atoms with E-state index in [0.29, 0.717) is 6.54 Å². The van der Waals surface area contributed by atoms with Gasteiger partial charge in [-0.15, -0.1) is 0 Å². The van der Waals surface area contributed by atoms with Crippen LogP contribution >= 0.6 is 0 Å². The smallest absolute Gasteiger partial charge is 0.326 e.